The number of primary amides is 2. The molecule has 0 aromatic carbocycles. The van der Waals surface area contributed by atoms with Crippen molar-refractivity contribution < 1.29 is 23.9 Å². The number of hydrogen-bond donors (Lipinski definition) is 4. The van der Waals surface area contributed by atoms with Gasteiger partial charge in [0.15, 0.2) is 0 Å². The van der Waals surface area contributed by atoms with Crippen LogP contribution in [0.4, 0.5) is 4.79 Å². The predicted molar refractivity (Wildman–Crippen MR) is 97.4 cm³/mol. The average molecular weight is 387 g/mol. The molecule has 1 aliphatic rings. The normalized spacial score (nSPS) is 20.2. The maximum Gasteiger partial charge on any atom is 0.404 e. The molecule has 3 atom stereocenters. The minimum Gasteiger partial charge on any atom is -0.443 e. The van der Waals surface area contributed by atoms with Crippen molar-refractivity contribution in [1.82, 2.24) is 10.6 Å². The van der Waals surface area contributed by atoms with Crippen molar-refractivity contribution in [1.29, 1.82) is 0 Å². The molecule has 26 heavy (non-hydrogen) atoms. The first-order chi connectivity index (χ1) is 12.1. The summed E-state index contributed by atoms with van der Waals surface area (Å²) >= 11 is 1.15. The SMILES string of the molecule is CC(C)CC(NC(=O)CNC(=O)C1SC(COC(N)=O)=NC1C)C(N)=O. The molecule has 4 amide bonds. The van der Waals surface area contributed by atoms with Gasteiger partial charge < -0.3 is 26.8 Å². The molecule has 1 rings (SSSR count). The minimum absolute atomic E-state index is 0.0932. The van der Waals surface area contributed by atoms with Crippen LogP contribution in [0.1, 0.15) is 27.2 Å². The zero-order valence-electron chi connectivity index (χ0n) is 15.0. The lowest BCUT2D eigenvalue weighted by molar-refractivity contribution is -0.128. The van der Waals surface area contributed by atoms with Crippen molar-refractivity contribution in [3.8, 4) is 0 Å². The smallest absolute Gasteiger partial charge is 0.404 e. The fraction of sp³-hybridized carbons (Fsp3) is 0.667. The van der Waals surface area contributed by atoms with E-state index in [4.69, 9.17) is 11.5 Å². The van der Waals surface area contributed by atoms with Gasteiger partial charge in [0.1, 0.15) is 22.9 Å². The van der Waals surface area contributed by atoms with Gasteiger partial charge in [-0.25, -0.2) is 4.79 Å². The van der Waals surface area contributed by atoms with Gasteiger partial charge in [-0.2, -0.15) is 0 Å². The van der Waals surface area contributed by atoms with Crippen LogP contribution in [0.2, 0.25) is 0 Å². The van der Waals surface area contributed by atoms with Gasteiger partial charge in [-0.3, -0.25) is 19.4 Å². The van der Waals surface area contributed by atoms with E-state index in [0.717, 1.165) is 11.8 Å². The van der Waals surface area contributed by atoms with Gasteiger partial charge >= 0.3 is 6.09 Å². The van der Waals surface area contributed by atoms with Crippen LogP contribution in [0.5, 0.6) is 0 Å². The van der Waals surface area contributed by atoms with Crippen molar-refractivity contribution in [2.75, 3.05) is 13.2 Å². The zero-order chi connectivity index (χ0) is 19.9. The Balaban J connectivity index is 2.45. The van der Waals surface area contributed by atoms with Crippen molar-refractivity contribution >= 4 is 40.6 Å². The Bertz CT molecular complexity index is 595. The monoisotopic (exact) mass is 387 g/mol. The van der Waals surface area contributed by atoms with Crippen LogP contribution in [0, 0.1) is 5.92 Å². The summed E-state index contributed by atoms with van der Waals surface area (Å²) in [5.74, 6) is -1.33. The fourth-order valence-electron chi connectivity index (χ4n) is 2.28. The first kappa shape index (κ1) is 21.7. The number of nitrogens with zero attached hydrogens (tertiary/aromatic N) is 1. The summed E-state index contributed by atoms with van der Waals surface area (Å²) in [4.78, 5) is 50.4. The molecule has 6 N–H and O–H groups in total. The number of amides is 4. The molecule has 0 aromatic heterocycles. The van der Waals surface area contributed by atoms with E-state index in [2.05, 4.69) is 20.4 Å². The molecular weight excluding hydrogens is 362 g/mol. The Morgan fingerprint density at radius 2 is 1.92 bits per heavy atom. The number of nitrogens with one attached hydrogen (secondary N) is 2. The summed E-state index contributed by atoms with van der Waals surface area (Å²) in [6.45, 7) is 5.17. The van der Waals surface area contributed by atoms with Crippen LogP contribution in [-0.4, -0.2) is 59.3 Å². The summed E-state index contributed by atoms with van der Waals surface area (Å²) in [6.07, 6.45) is -0.502. The van der Waals surface area contributed by atoms with Crippen LogP contribution >= 0.6 is 11.8 Å². The maximum atomic E-state index is 12.2. The molecule has 0 fully saturated rings. The third kappa shape index (κ3) is 7.30. The molecule has 0 bridgehead atoms. The van der Waals surface area contributed by atoms with Gasteiger partial charge in [-0.05, 0) is 19.3 Å². The first-order valence-corrected chi connectivity index (χ1v) is 9.00. The van der Waals surface area contributed by atoms with Crippen LogP contribution in [0.25, 0.3) is 0 Å². The van der Waals surface area contributed by atoms with Crippen LogP contribution in [0.3, 0.4) is 0 Å². The van der Waals surface area contributed by atoms with E-state index >= 15 is 0 Å². The second-order valence-electron chi connectivity index (χ2n) is 6.28. The standard InChI is InChI=1S/C15H25N5O5S/c1-7(2)4-9(13(16)22)20-10(21)5-18-14(23)12-8(3)19-11(26-12)6-25-15(17)24/h7-9,12H,4-6H2,1-3H3,(H2,16,22)(H2,17,24)(H,18,23)(H,20,21). The number of carbonyl (C=O) groups excluding carboxylic acids is 4. The highest BCUT2D eigenvalue weighted by molar-refractivity contribution is 8.15. The summed E-state index contributed by atoms with van der Waals surface area (Å²) in [7, 11) is 0. The highest BCUT2D eigenvalue weighted by atomic mass is 32.2. The number of rotatable bonds is 9. The molecule has 1 heterocycles. The molecule has 0 saturated carbocycles. The van der Waals surface area contributed by atoms with E-state index in [1.807, 2.05) is 13.8 Å². The van der Waals surface area contributed by atoms with Gasteiger partial charge in [0.2, 0.25) is 17.7 Å². The third-order valence-corrected chi connectivity index (χ3v) is 4.81. The predicted octanol–water partition coefficient (Wildman–Crippen LogP) is -0.883. The second kappa shape index (κ2) is 10.00. The highest BCUT2D eigenvalue weighted by Gasteiger charge is 2.33. The Morgan fingerprint density at radius 1 is 1.27 bits per heavy atom. The number of ether oxygens (including phenoxy) is 1. The number of thioether (sulfide) groups is 1. The minimum atomic E-state index is -0.920. The Kier molecular flexibility index (Phi) is 8.36. The Labute approximate surface area is 155 Å². The molecule has 10 nitrogen and oxygen atoms in total. The third-order valence-electron chi connectivity index (χ3n) is 3.45. The topological polar surface area (TPSA) is 166 Å². The van der Waals surface area contributed by atoms with Crippen LogP contribution in [0.15, 0.2) is 4.99 Å². The largest absolute Gasteiger partial charge is 0.443 e. The molecular formula is C15H25N5O5S. The van der Waals surface area contributed by atoms with Crippen LogP contribution < -0.4 is 22.1 Å². The summed E-state index contributed by atoms with van der Waals surface area (Å²) in [5.41, 5.74) is 10.2. The molecule has 0 aliphatic carbocycles. The van der Waals surface area contributed by atoms with E-state index in [1.54, 1.807) is 6.92 Å². The zero-order valence-corrected chi connectivity index (χ0v) is 15.8. The Morgan fingerprint density at radius 3 is 2.46 bits per heavy atom. The lowest BCUT2D eigenvalue weighted by atomic mass is 10.0. The van der Waals surface area contributed by atoms with E-state index in [0.29, 0.717) is 11.5 Å². The molecule has 0 spiro atoms. The van der Waals surface area contributed by atoms with E-state index in [-0.39, 0.29) is 31.0 Å². The summed E-state index contributed by atoms with van der Waals surface area (Å²) in [6, 6.07) is -1.12. The summed E-state index contributed by atoms with van der Waals surface area (Å²) in [5, 5.41) is 4.95. The number of hydrogen-bond acceptors (Lipinski definition) is 7. The molecule has 3 unspecified atom stereocenters. The lowest BCUT2D eigenvalue weighted by Crippen LogP contribution is -2.49. The van der Waals surface area contributed by atoms with E-state index in [9.17, 15) is 19.2 Å². The molecule has 1 aliphatic heterocycles. The molecule has 0 saturated heterocycles. The molecule has 146 valence electrons. The Hall–Kier alpha value is -2.30. The molecule has 0 aromatic rings. The highest BCUT2D eigenvalue weighted by Crippen LogP contribution is 2.27. The van der Waals surface area contributed by atoms with Gasteiger partial charge in [-0.1, -0.05) is 25.6 Å². The lowest BCUT2D eigenvalue weighted by Gasteiger charge is -2.18. The fourth-order valence-corrected chi connectivity index (χ4v) is 3.37. The van der Waals surface area contributed by atoms with Crippen LogP contribution in [-0.2, 0) is 19.1 Å². The number of carbonyl (C=O) groups is 4. The second-order valence-corrected chi connectivity index (χ2v) is 7.49. The molecule has 0 radical (unpaired) electrons. The van der Waals surface area contributed by atoms with Crippen molar-refractivity contribution in [3.05, 3.63) is 0 Å². The van der Waals surface area contributed by atoms with E-state index < -0.39 is 29.2 Å². The molecule has 11 heteroatoms. The summed E-state index contributed by atoms with van der Waals surface area (Å²) < 4.78 is 4.65. The van der Waals surface area contributed by atoms with Gasteiger partial charge in [0.05, 0.1) is 12.6 Å². The van der Waals surface area contributed by atoms with E-state index in [1.165, 1.54) is 0 Å². The van der Waals surface area contributed by atoms with Crippen molar-refractivity contribution in [2.24, 2.45) is 22.4 Å². The van der Waals surface area contributed by atoms with Gasteiger partial charge in [0, 0.05) is 0 Å². The van der Waals surface area contributed by atoms with Gasteiger partial charge in [0.25, 0.3) is 0 Å². The maximum absolute atomic E-state index is 12.2. The number of nitrogens with two attached hydrogens (primary N) is 2. The quantitative estimate of drug-likeness (QED) is 0.401. The number of aliphatic imine (C=N–C) groups is 1. The average Bonchev–Trinajstić information content (AvgIpc) is 2.90. The first-order valence-electron chi connectivity index (χ1n) is 8.12. The van der Waals surface area contributed by atoms with Crippen molar-refractivity contribution in [3.63, 3.8) is 0 Å². The van der Waals surface area contributed by atoms with Gasteiger partial charge in [-0.15, -0.1) is 0 Å². The van der Waals surface area contributed by atoms with Crippen molar-refractivity contribution in [2.45, 2.75) is 44.5 Å².